The van der Waals surface area contributed by atoms with E-state index in [-0.39, 0.29) is 12.5 Å². The van der Waals surface area contributed by atoms with Gasteiger partial charge >= 0.3 is 0 Å². The van der Waals surface area contributed by atoms with Crippen molar-refractivity contribution in [2.75, 3.05) is 13.2 Å². The molecule has 6 N–H and O–H groups in total. The molecular formula is C62H119NO8. The third kappa shape index (κ3) is 41.6. The molecule has 9 nitrogen and oxygen atoms in total. The maximum Gasteiger partial charge on any atom is 0.220 e. The lowest BCUT2D eigenvalue weighted by atomic mass is 9.99. The molecule has 0 saturated carbocycles. The number of unbranched alkanes of at least 4 members (excludes halogenated alkanes) is 42. The second-order valence-corrected chi connectivity index (χ2v) is 21.9. The summed E-state index contributed by atoms with van der Waals surface area (Å²) in [7, 11) is 0. The molecule has 0 bridgehead atoms. The molecule has 7 unspecified atom stereocenters. The van der Waals surface area contributed by atoms with Crippen LogP contribution in [0.5, 0.6) is 0 Å². The van der Waals surface area contributed by atoms with Crippen molar-refractivity contribution in [2.45, 2.75) is 352 Å². The summed E-state index contributed by atoms with van der Waals surface area (Å²) in [6.07, 6.45) is 60.4. The van der Waals surface area contributed by atoms with Crippen molar-refractivity contribution < 1.29 is 39.8 Å². The largest absolute Gasteiger partial charge is 0.394 e. The molecule has 1 fully saturated rings. The van der Waals surface area contributed by atoms with Crippen molar-refractivity contribution >= 4 is 5.91 Å². The smallest absolute Gasteiger partial charge is 0.220 e. The monoisotopic (exact) mass is 1010 g/mol. The van der Waals surface area contributed by atoms with Gasteiger partial charge in [0.05, 0.1) is 25.4 Å². The van der Waals surface area contributed by atoms with E-state index in [1.807, 2.05) is 6.08 Å². The van der Waals surface area contributed by atoms with Gasteiger partial charge in [-0.15, -0.1) is 0 Å². The molecule has 71 heavy (non-hydrogen) atoms. The highest BCUT2D eigenvalue weighted by molar-refractivity contribution is 5.76. The average molecular weight is 1010 g/mol. The lowest BCUT2D eigenvalue weighted by molar-refractivity contribution is -0.302. The van der Waals surface area contributed by atoms with Gasteiger partial charge in [0.15, 0.2) is 6.29 Å². The Morgan fingerprint density at radius 2 is 0.803 bits per heavy atom. The third-order valence-corrected chi connectivity index (χ3v) is 15.0. The number of nitrogens with one attached hydrogen (secondary N) is 1. The van der Waals surface area contributed by atoms with Gasteiger partial charge < -0.3 is 40.3 Å². The molecule has 0 radical (unpaired) electrons. The SMILES string of the molecule is CCCCC/C=C/CC/C=C/C(O)C(COC1OC(CO)C(O)C(O)C1O)NC(=O)CCCCCCCCCCCCCCCCCCCCCCCCCCCCCCCCCCCCCCCCC. The molecule has 7 atom stereocenters. The number of rotatable bonds is 54. The van der Waals surface area contributed by atoms with Gasteiger partial charge in [-0.2, -0.15) is 0 Å². The summed E-state index contributed by atoms with van der Waals surface area (Å²) in [5.41, 5.74) is 0. The summed E-state index contributed by atoms with van der Waals surface area (Å²) in [5, 5.41) is 54.2. The zero-order valence-corrected chi connectivity index (χ0v) is 46.8. The quantitative estimate of drug-likeness (QED) is 0.0261. The van der Waals surface area contributed by atoms with Gasteiger partial charge in [-0.05, 0) is 32.1 Å². The first-order chi connectivity index (χ1) is 34.8. The standard InChI is InChI=1S/C62H119NO8/c1-3-5-7-9-11-13-14-15-16-17-18-19-20-21-22-23-24-25-26-27-28-29-30-31-32-33-34-35-36-37-38-39-40-41-42-44-46-48-50-52-58(66)63-55(56(65)51-49-47-45-43-12-10-8-6-4-2)54-70-62-61(69)60(68)59(67)57(53-64)71-62/h12,43,49,51,55-57,59-62,64-65,67-69H,3-11,13-42,44-48,50,52-54H2,1-2H3,(H,63,66)/b43-12+,51-49+. The van der Waals surface area contributed by atoms with Crippen molar-refractivity contribution in [1.29, 1.82) is 0 Å². The van der Waals surface area contributed by atoms with Crippen LogP contribution in [-0.4, -0.2) is 87.5 Å². The van der Waals surface area contributed by atoms with E-state index in [1.165, 1.54) is 250 Å². The van der Waals surface area contributed by atoms with Crippen LogP contribution < -0.4 is 5.32 Å². The van der Waals surface area contributed by atoms with E-state index < -0.39 is 49.5 Å². The van der Waals surface area contributed by atoms with Crippen molar-refractivity contribution in [2.24, 2.45) is 0 Å². The fourth-order valence-electron chi connectivity index (χ4n) is 10.1. The fraction of sp³-hybridized carbons (Fsp3) is 0.919. The highest BCUT2D eigenvalue weighted by Gasteiger charge is 2.44. The maximum absolute atomic E-state index is 13.0. The van der Waals surface area contributed by atoms with Crippen molar-refractivity contribution in [3.63, 3.8) is 0 Å². The molecule has 1 saturated heterocycles. The van der Waals surface area contributed by atoms with E-state index >= 15 is 0 Å². The minimum atomic E-state index is -1.57. The second-order valence-electron chi connectivity index (χ2n) is 21.9. The number of aliphatic hydroxyl groups is 5. The van der Waals surface area contributed by atoms with Crippen LogP contribution in [0.3, 0.4) is 0 Å². The Labute approximate surface area is 439 Å². The van der Waals surface area contributed by atoms with Crippen LogP contribution >= 0.6 is 0 Å². The fourth-order valence-corrected chi connectivity index (χ4v) is 10.1. The number of carbonyl (C=O) groups is 1. The maximum atomic E-state index is 13.0. The normalized spacial score (nSPS) is 19.3. The Balaban J connectivity index is 1.97. The second kappa shape index (κ2) is 52.1. The zero-order valence-electron chi connectivity index (χ0n) is 46.8. The first-order valence-corrected chi connectivity index (χ1v) is 31.1. The predicted molar refractivity (Wildman–Crippen MR) is 300 cm³/mol. The Morgan fingerprint density at radius 1 is 0.465 bits per heavy atom. The molecule has 1 heterocycles. The van der Waals surface area contributed by atoms with E-state index in [0.29, 0.717) is 6.42 Å². The first-order valence-electron chi connectivity index (χ1n) is 31.1. The molecule has 0 aromatic rings. The van der Waals surface area contributed by atoms with E-state index in [1.54, 1.807) is 6.08 Å². The first kappa shape index (κ1) is 67.7. The minimum absolute atomic E-state index is 0.184. The van der Waals surface area contributed by atoms with Gasteiger partial charge in [-0.25, -0.2) is 0 Å². The molecule has 1 rings (SSSR count). The number of allylic oxidation sites excluding steroid dienone is 3. The molecule has 420 valence electrons. The molecule has 0 aromatic heterocycles. The topological polar surface area (TPSA) is 149 Å². The van der Waals surface area contributed by atoms with Crippen LogP contribution in [0.1, 0.15) is 309 Å². The number of hydrogen-bond donors (Lipinski definition) is 6. The van der Waals surface area contributed by atoms with Crippen LogP contribution in [0.25, 0.3) is 0 Å². The van der Waals surface area contributed by atoms with Crippen LogP contribution in [0.4, 0.5) is 0 Å². The van der Waals surface area contributed by atoms with Gasteiger partial charge in [-0.3, -0.25) is 4.79 Å². The number of amides is 1. The highest BCUT2D eigenvalue weighted by Crippen LogP contribution is 2.23. The summed E-state index contributed by atoms with van der Waals surface area (Å²) in [4.78, 5) is 13.0. The lowest BCUT2D eigenvalue weighted by Crippen LogP contribution is -2.60. The Kier molecular flexibility index (Phi) is 49.7. The summed E-state index contributed by atoms with van der Waals surface area (Å²) >= 11 is 0. The van der Waals surface area contributed by atoms with Gasteiger partial charge in [0.2, 0.25) is 5.91 Å². The van der Waals surface area contributed by atoms with E-state index in [2.05, 4.69) is 31.3 Å². The summed E-state index contributed by atoms with van der Waals surface area (Å²) in [6, 6.07) is -0.816. The molecule has 9 heteroatoms. The Bertz CT molecular complexity index is 1170. The molecule has 1 aliphatic heterocycles. The third-order valence-electron chi connectivity index (χ3n) is 15.0. The molecule has 0 aliphatic carbocycles. The van der Waals surface area contributed by atoms with Crippen LogP contribution in [0.2, 0.25) is 0 Å². The Hall–Kier alpha value is -1.33. The van der Waals surface area contributed by atoms with E-state index in [9.17, 15) is 30.3 Å². The number of hydrogen-bond acceptors (Lipinski definition) is 8. The minimum Gasteiger partial charge on any atom is -0.394 e. The van der Waals surface area contributed by atoms with Crippen LogP contribution in [-0.2, 0) is 14.3 Å². The molecule has 0 aromatic carbocycles. The van der Waals surface area contributed by atoms with Crippen LogP contribution in [0, 0.1) is 0 Å². The van der Waals surface area contributed by atoms with Crippen molar-refractivity contribution in [1.82, 2.24) is 5.32 Å². The molecule has 1 aliphatic rings. The van der Waals surface area contributed by atoms with Crippen molar-refractivity contribution in [3.05, 3.63) is 24.3 Å². The van der Waals surface area contributed by atoms with Gasteiger partial charge in [-0.1, -0.05) is 295 Å². The molecule has 1 amide bonds. The summed E-state index contributed by atoms with van der Waals surface area (Å²) in [6.45, 7) is 3.73. The average Bonchev–Trinajstić information content (AvgIpc) is 3.37. The van der Waals surface area contributed by atoms with Gasteiger partial charge in [0.25, 0.3) is 0 Å². The van der Waals surface area contributed by atoms with Gasteiger partial charge in [0, 0.05) is 6.42 Å². The lowest BCUT2D eigenvalue weighted by Gasteiger charge is -2.40. The van der Waals surface area contributed by atoms with Gasteiger partial charge in [0.1, 0.15) is 24.4 Å². The zero-order chi connectivity index (χ0) is 51.5. The summed E-state index contributed by atoms with van der Waals surface area (Å²) < 4.78 is 11.2. The molecular weight excluding hydrogens is 887 g/mol. The number of ether oxygens (including phenoxy) is 2. The molecule has 0 spiro atoms. The van der Waals surface area contributed by atoms with E-state index in [0.717, 1.165) is 38.5 Å². The highest BCUT2D eigenvalue weighted by atomic mass is 16.7. The van der Waals surface area contributed by atoms with Crippen molar-refractivity contribution in [3.8, 4) is 0 Å². The number of aliphatic hydroxyl groups excluding tert-OH is 5. The predicted octanol–water partition coefficient (Wildman–Crippen LogP) is 15.7. The summed E-state index contributed by atoms with van der Waals surface area (Å²) in [5.74, 6) is -0.184. The Morgan fingerprint density at radius 3 is 1.18 bits per heavy atom. The number of carbonyl (C=O) groups excluding carboxylic acids is 1. The van der Waals surface area contributed by atoms with E-state index in [4.69, 9.17) is 9.47 Å². The van der Waals surface area contributed by atoms with Crippen LogP contribution in [0.15, 0.2) is 24.3 Å².